The molecule has 0 aliphatic carbocycles. The summed E-state index contributed by atoms with van der Waals surface area (Å²) < 4.78 is 5.05. The van der Waals surface area contributed by atoms with E-state index in [1.165, 1.54) is 0 Å². The van der Waals surface area contributed by atoms with Crippen molar-refractivity contribution in [2.24, 2.45) is 5.73 Å². The van der Waals surface area contributed by atoms with Crippen LogP contribution >= 0.6 is 0 Å². The molecule has 0 bridgehead atoms. The fourth-order valence-corrected chi connectivity index (χ4v) is 1.07. The third-order valence-corrected chi connectivity index (χ3v) is 1.79. The highest BCUT2D eigenvalue weighted by molar-refractivity contribution is 4.88. The van der Waals surface area contributed by atoms with Gasteiger partial charge in [0.25, 0.3) is 0 Å². The molecule has 1 heterocycles. The Labute approximate surface area is 84.3 Å². The molecule has 14 heavy (non-hydrogen) atoms. The van der Waals surface area contributed by atoms with Crippen LogP contribution in [0.4, 0.5) is 0 Å². The Bertz CT molecular complexity index is 270. The molecule has 80 valence electrons. The summed E-state index contributed by atoms with van der Waals surface area (Å²) in [5.74, 6) is 1.39. The number of likely N-dealkylation sites (N-methyl/N-ethyl adjacent to an activating group) is 1. The normalized spacial score (nSPS) is 13.5. The SMILES string of the molecule is CC(N)Cc1nc(CCN(C)C)no1. The first-order chi connectivity index (χ1) is 6.58. The van der Waals surface area contributed by atoms with E-state index in [1.54, 1.807) is 0 Å². The van der Waals surface area contributed by atoms with Gasteiger partial charge in [-0.2, -0.15) is 4.98 Å². The summed E-state index contributed by atoms with van der Waals surface area (Å²) in [6.45, 7) is 2.85. The van der Waals surface area contributed by atoms with Crippen molar-refractivity contribution >= 4 is 0 Å². The van der Waals surface area contributed by atoms with E-state index in [2.05, 4.69) is 15.0 Å². The van der Waals surface area contributed by atoms with E-state index >= 15 is 0 Å². The lowest BCUT2D eigenvalue weighted by molar-refractivity contribution is 0.360. The molecular formula is C9H18N4O. The summed E-state index contributed by atoms with van der Waals surface area (Å²) in [6.07, 6.45) is 1.46. The van der Waals surface area contributed by atoms with Crippen LogP contribution in [0.25, 0.3) is 0 Å². The fourth-order valence-electron chi connectivity index (χ4n) is 1.07. The van der Waals surface area contributed by atoms with E-state index in [-0.39, 0.29) is 6.04 Å². The first-order valence-electron chi connectivity index (χ1n) is 4.79. The average Bonchev–Trinajstić information content (AvgIpc) is 2.47. The number of hydrogen-bond donors (Lipinski definition) is 1. The van der Waals surface area contributed by atoms with Crippen LogP contribution in [0.2, 0.25) is 0 Å². The maximum absolute atomic E-state index is 5.62. The van der Waals surface area contributed by atoms with Gasteiger partial charge in [-0.05, 0) is 21.0 Å². The molecule has 5 nitrogen and oxygen atoms in total. The quantitative estimate of drug-likeness (QED) is 0.724. The van der Waals surface area contributed by atoms with E-state index < -0.39 is 0 Å². The standard InChI is InChI=1S/C9H18N4O/c1-7(10)6-9-11-8(12-14-9)4-5-13(2)3/h7H,4-6,10H2,1-3H3. The van der Waals surface area contributed by atoms with Crippen molar-refractivity contribution in [3.63, 3.8) is 0 Å². The zero-order valence-corrected chi connectivity index (χ0v) is 9.03. The first-order valence-corrected chi connectivity index (χ1v) is 4.79. The van der Waals surface area contributed by atoms with Crippen molar-refractivity contribution in [2.75, 3.05) is 20.6 Å². The van der Waals surface area contributed by atoms with Crippen LogP contribution in [-0.2, 0) is 12.8 Å². The van der Waals surface area contributed by atoms with Gasteiger partial charge in [-0.25, -0.2) is 0 Å². The second-order valence-electron chi connectivity index (χ2n) is 3.84. The highest BCUT2D eigenvalue weighted by Gasteiger charge is 2.07. The molecule has 0 aliphatic rings. The predicted octanol–water partition coefficient (Wildman–Crippen LogP) is 0.0634. The zero-order valence-electron chi connectivity index (χ0n) is 9.03. The third kappa shape index (κ3) is 3.85. The molecule has 0 amide bonds. The lowest BCUT2D eigenvalue weighted by atomic mass is 10.2. The van der Waals surface area contributed by atoms with Gasteiger partial charge in [0.15, 0.2) is 5.82 Å². The van der Waals surface area contributed by atoms with Crippen LogP contribution in [0.15, 0.2) is 4.52 Å². The van der Waals surface area contributed by atoms with Crippen molar-refractivity contribution in [2.45, 2.75) is 25.8 Å². The van der Waals surface area contributed by atoms with Gasteiger partial charge in [0, 0.05) is 25.4 Å². The van der Waals surface area contributed by atoms with E-state index in [9.17, 15) is 0 Å². The molecule has 0 radical (unpaired) electrons. The van der Waals surface area contributed by atoms with Gasteiger partial charge in [0.1, 0.15) is 0 Å². The topological polar surface area (TPSA) is 68.2 Å². The summed E-state index contributed by atoms with van der Waals surface area (Å²) >= 11 is 0. The second kappa shape index (κ2) is 5.07. The summed E-state index contributed by atoms with van der Waals surface area (Å²) in [7, 11) is 4.03. The van der Waals surface area contributed by atoms with Crippen LogP contribution < -0.4 is 5.73 Å². The molecule has 1 aromatic heterocycles. The minimum Gasteiger partial charge on any atom is -0.339 e. The Morgan fingerprint density at radius 1 is 1.50 bits per heavy atom. The molecular weight excluding hydrogens is 180 g/mol. The number of nitrogens with two attached hydrogens (primary N) is 1. The van der Waals surface area contributed by atoms with Crippen LogP contribution in [0.3, 0.4) is 0 Å². The molecule has 1 aromatic rings. The number of hydrogen-bond acceptors (Lipinski definition) is 5. The molecule has 1 unspecified atom stereocenters. The van der Waals surface area contributed by atoms with E-state index in [1.807, 2.05) is 21.0 Å². The molecule has 5 heteroatoms. The monoisotopic (exact) mass is 198 g/mol. The molecule has 0 aliphatic heterocycles. The van der Waals surface area contributed by atoms with Crippen molar-refractivity contribution in [1.29, 1.82) is 0 Å². The Balaban J connectivity index is 2.42. The third-order valence-electron chi connectivity index (χ3n) is 1.79. The predicted molar refractivity (Wildman–Crippen MR) is 53.9 cm³/mol. The van der Waals surface area contributed by atoms with Gasteiger partial charge in [0.05, 0.1) is 0 Å². The molecule has 0 saturated carbocycles. The van der Waals surface area contributed by atoms with E-state index in [0.717, 1.165) is 18.8 Å². The Morgan fingerprint density at radius 3 is 2.79 bits per heavy atom. The largest absolute Gasteiger partial charge is 0.339 e. The number of nitrogens with zero attached hydrogens (tertiary/aromatic N) is 3. The molecule has 1 rings (SSSR count). The fraction of sp³-hybridized carbons (Fsp3) is 0.778. The molecule has 1 atom stereocenters. The Kier molecular flexibility index (Phi) is 4.03. The van der Waals surface area contributed by atoms with Gasteiger partial charge in [0.2, 0.25) is 5.89 Å². The van der Waals surface area contributed by atoms with Gasteiger partial charge < -0.3 is 15.2 Å². The minimum atomic E-state index is 0.0668. The maximum Gasteiger partial charge on any atom is 0.228 e. The van der Waals surface area contributed by atoms with Gasteiger partial charge in [-0.1, -0.05) is 5.16 Å². The Hall–Kier alpha value is -0.940. The second-order valence-corrected chi connectivity index (χ2v) is 3.84. The van der Waals surface area contributed by atoms with Crippen LogP contribution in [-0.4, -0.2) is 41.7 Å². The lowest BCUT2D eigenvalue weighted by Crippen LogP contribution is -2.18. The average molecular weight is 198 g/mol. The van der Waals surface area contributed by atoms with Gasteiger partial charge in [-0.15, -0.1) is 0 Å². The van der Waals surface area contributed by atoms with Crippen molar-refractivity contribution < 1.29 is 4.52 Å². The summed E-state index contributed by atoms with van der Waals surface area (Å²) in [4.78, 5) is 6.32. The zero-order chi connectivity index (χ0) is 10.6. The van der Waals surface area contributed by atoms with Gasteiger partial charge >= 0.3 is 0 Å². The van der Waals surface area contributed by atoms with Crippen LogP contribution in [0.1, 0.15) is 18.6 Å². The molecule has 0 spiro atoms. The van der Waals surface area contributed by atoms with Crippen molar-refractivity contribution in [3.8, 4) is 0 Å². The molecule has 0 saturated heterocycles. The summed E-state index contributed by atoms with van der Waals surface area (Å²) in [6, 6.07) is 0.0668. The molecule has 2 N–H and O–H groups in total. The number of rotatable bonds is 5. The van der Waals surface area contributed by atoms with Crippen LogP contribution in [0, 0.1) is 0 Å². The molecule has 0 fully saturated rings. The van der Waals surface area contributed by atoms with Crippen LogP contribution in [0.5, 0.6) is 0 Å². The smallest absolute Gasteiger partial charge is 0.228 e. The first kappa shape index (κ1) is 11.1. The summed E-state index contributed by atoms with van der Waals surface area (Å²) in [5.41, 5.74) is 5.62. The van der Waals surface area contributed by atoms with Crippen molar-refractivity contribution in [3.05, 3.63) is 11.7 Å². The van der Waals surface area contributed by atoms with Gasteiger partial charge in [-0.3, -0.25) is 0 Å². The Morgan fingerprint density at radius 2 is 2.21 bits per heavy atom. The number of aromatic nitrogens is 2. The highest BCUT2D eigenvalue weighted by atomic mass is 16.5. The maximum atomic E-state index is 5.62. The van der Waals surface area contributed by atoms with Crippen molar-refractivity contribution in [1.82, 2.24) is 15.0 Å². The molecule has 0 aromatic carbocycles. The lowest BCUT2D eigenvalue weighted by Gasteiger charge is -2.05. The highest BCUT2D eigenvalue weighted by Crippen LogP contribution is 2.01. The minimum absolute atomic E-state index is 0.0668. The van der Waals surface area contributed by atoms with E-state index in [4.69, 9.17) is 10.3 Å². The summed E-state index contributed by atoms with van der Waals surface area (Å²) in [5, 5.41) is 3.87. The van der Waals surface area contributed by atoms with E-state index in [0.29, 0.717) is 12.3 Å².